The van der Waals surface area contributed by atoms with Crippen LogP contribution in [0, 0.1) is 5.92 Å². The molecule has 1 aromatic carbocycles. The van der Waals surface area contributed by atoms with Crippen LogP contribution in [0.15, 0.2) is 47.5 Å². The number of benzene rings is 1. The fourth-order valence-corrected chi connectivity index (χ4v) is 8.11. The Morgan fingerprint density at radius 3 is 2.74 bits per heavy atom. The summed E-state index contributed by atoms with van der Waals surface area (Å²) in [4.78, 5) is 4.72. The molecule has 1 saturated heterocycles. The first kappa shape index (κ1) is 24.9. The van der Waals surface area contributed by atoms with Gasteiger partial charge in [-0.1, -0.05) is 53.0 Å². The average molecular weight is 567 g/mol. The third-order valence-electron chi connectivity index (χ3n) is 5.95. The number of piperidine rings is 1. The second-order valence-corrected chi connectivity index (χ2v) is 12.9. The van der Waals surface area contributed by atoms with E-state index in [1.54, 1.807) is 16.8 Å². The van der Waals surface area contributed by atoms with Crippen molar-refractivity contribution < 1.29 is 8.42 Å². The van der Waals surface area contributed by atoms with Crippen LogP contribution in [0.25, 0.3) is 16.9 Å². The summed E-state index contributed by atoms with van der Waals surface area (Å²) in [5.74, 6) is 0.764. The average Bonchev–Trinajstić information content (AvgIpc) is 3.39. The van der Waals surface area contributed by atoms with Crippen molar-refractivity contribution in [2.45, 2.75) is 17.7 Å². The van der Waals surface area contributed by atoms with Gasteiger partial charge in [-0.15, -0.1) is 11.3 Å². The molecule has 2 radical (unpaired) electrons. The standard InChI is InChI=1S/C22H19BCl3N5O2S2/c23-15-11-28-31-20(8-17(29-22(15)31)14-5-1-2-6-16(14)24)27-10-13-4-3-7-30(12-13)35(32,33)18-9-19(25)34-21(18)26/h1-2,5-6,8-9,11,13,27H,3-4,7,10,12H2. The summed E-state index contributed by atoms with van der Waals surface area (Å²) in [7, 11) is 2.38. The molecule has 7 nitrogen and oxygen atoms in total. The summed E-state index contributed by atoms with van der Waals surface area (Å²) in [6.45, 7) is 1.34. The zero-order valence-corrected chi connectivity index (χ0v) is 22.2. The van der Waals surface area contributed by atoms with E-state index in [9.17, 15) is 8.42 Å². The normalized spacial score (nSPS) is 17.2. The molecule has 5 rings (SSSR count). The number of hydrogen-bond acceptors (Lipinski definition) is 6. The van der Waals surface area contributed by atoms with Crippen molar-refractivity contribution in [1.29, 1.82) is 0 Å². The quantitative estimate of drug-likeness (QED) is 0.342. The second-order valence-electron chi connectivity index (χ2n) is 8.28. The molecule has 1 unspecified atom stereocenters. The summed E-state index contributed by atoms with van der Waals surface area (Å²) in [6.07, 6.45) is 3.17. The van der Waals surface area contributed by atoms with Crippen LogP contribution in [-0.2, 0) is 10.0 Å². The maximum Gasteiger partial charge on any atom is 0.245 e. The molecular weight excluding hydrogens is 548 g/mol. The number of halogens is 3. The van der Waals surface area contributed by atoms with Crippen molar-refractivity contribution in [3.05, 3.63) is 56.3 Å². The molecule has 0 aliphatic carbocycles. The number of aromatic nitrogens is 3. The number of hydrogen-bond donors (Lipinski definition) is 1. The Bertz CT molecular complexity index is 1510. The fraction of sp³-hybridized carbons (Fsp3) is 0.273. The molecule has 0 amide bonds. The van der Waals surface area contributed by atoms with E-state index in [1.807, 2.05) is 24.3 Å². The Morgan fingerprint density at radius 2 is 2.00 bits per heavy atom. The Balaban J connectivity index is 1.38. The first-order valence-electron chi connectivity index (χ1n) is 10.8. The molecule has 0 bridgehead atoms. The van der Waals surface area contributed by atoms with Gasteiger partial charge in [0, 0.05) is 42.5 Å². The van der Waals surface area contributed by atoms with Gasteiger partial charge in [0.2, 0.25) is 10.0 Å². The minimum Gasteiger partial charge on any atom is -0.370 e. The second kappa shape index (κ2) is 9.92. The monoisotopic (exact) mass is 565 g/mol. The zero-order valence-electron chi connectivity index (χ0n) is 18.3. The lowest BCUT2D eigenvalue weighted by Crippen LogP contribution is -2.41. The van der Waals surface area contributed by atoms with E-state index >= 15 is 0 Å². The van der Waals surface area contributed by atoms with Crippen LogP contribution in [0.2, 0.25) is 13.7 Å². The summed E-state index contributed by atoms with van der Waals surface area (Å²) in [5.41, 5.74) is 2.40. The molecule has 1 aliphatic heterocycles. The van der Waals surface area contributed by atoms with E-state index in [0.717, 1.165) is 29.7 Å². The van der Waals surface area contributed by atoms with Crippen LogP contribution in [0.1, 0.15) is 12.8 Å². The third kappa shape index (κ3) is 4.92. The van der Waals surface area contributed by atoms with Gasteiger partial charge in [-0.25, -0.2) is 13.4 Å². The van der Waals surface area contributed by atoms with Crippen molar-refractivity contribution in [2.24, 2.45) is 5.92 Å². The van der Waals surface area contributed by atoms with Gasteiger partial charge in [-0.3, -0.25) is 0 Å². The first-order chi connectivity index (χ1) is 16.7. The highest BCUT2D eigenvalue weighted by Crippen LogP contribution is 2.37. The number of rotatable bonds is 6. The van der Waals surface area contributed by atoms with Gasteiger partial charge < -0.3 is 5.32 Å². The lowest BCUT2D eigenvalue weighted by Gasteiger charge is -2.32. The number of thiophene rings is 1. The smallest absolute Gasteiger partial charge is 0.245 e. The topological polar surface area (TPSA) is 79.6 Å². The van der Waals surface area contributed by atoms with Crippen LogP contribution in [0.4, 0.5) is 5.82 Å². The molecule has 0 saturated carbocycles. The van der Waals surface area contributed by atoms with Crippen LogP contribution < -0.4 is 10.8 Å². The van der Waals surface area contributed by atoms with Crippen molar-refractivity contribution in [1.82, 2.24) is 18.9 Å². The van der Waals surface area contributed by atoms with Gasteiger partial charge >= 0.3 is 0 Å². The van der Waals surface area contributed by atoms with E-state index in [4.69, 9.17) is 42.6 Å². The maximum absolute atomic E-state index is 13.2. The van der Waals surface area contributed by atoms with Gasteiger partial charge in [-0.2, -0.15) is 13.9 Å². The van der Waals surface area contributed by atoms with Gasteiger partial charge in [0.25, 0.3) is 0 Å². The first-order valence-corrected chi connectivity index (χ1v) is 14.2. The fourth-order valence-electron chi connectivity index (χ4n) is 4.21. The van der Waals surface area contributed by atoms with Gasteiger partial charge in [0.15, 0.2) is 5.65 Å². The van der Waals surface area contributed by atoms with Crippen molar-refractivity contribution in [3.63, 3.8) is 0 Å². The Kier molecular flexibility index (Phi) is 7.04. The molecule has 13 heteroatoms. The Hall–Kier alpha value is -1.82. The predicted molar refractivity (Wildman–Crippen MR) is 143 cm³/mol. The minimum absolute atomic E-state index is 0.0648. The molecule has 3 aromatic heterocycles. The number of fused-ring (bicyclic) bond motifs is 1. The van der Waals surface area contributed by atoms with Crippen molar-refractivity contribution >= 4 is 80.9 Å². The summed E-state index contributed by atoms with van der Waals surface area (Å²) in [5, 5.41) is 8.35. The summed E-state index contributed by atoms with van der Waals surface area (Å²) in [6, 6.07) is 10.7. The summed E-state index contributed by atoms with van der Waals surface area (Å²) >= 11 is 19.6. The molecular formula is C22H19BCl3N5O2S2. The highest BCUT2D eigenvalue weighted by Gasteiger charge is 2.32. The van der Waals surface area contributed by atoms with E-state index in [1.165, 1.54) is 10.4 Å². The Labute approximate surface area is 223 Å². The molecule has 1 N–H and O–H groups in total. The molecule has 1 aliphatic rings. The van der Waals surface area contributed by atoms with Gasteiger partial charge in [0.1, 0.15) is 22.9 Å². The molecule has 4 heterocycles. The molecule has 0 spiro atoms. The minimum atomic E-state index is -3.73. The van der Waals surface area contributed by atoms with Crippen molar-refractivity contribution in [2.75, 3.05) is 25.0 Å². The highest BCUT2D eigenvalue weighted by atomic mass is 35.5. The number of sulfonamides is 1. The number of nitrogens with one attached hydrogen (secondary N) is 1. The van der Waals surface area contributed by atoms with Gasteiger partial charge in [0.05, 0.1) is 10.0 Å². The SMILES string of the molecule is [B]c1cnn2c(NCC3CCCN(S(=O)(=O)c4cc(Cl)sc4Cl)C3)cc(-c3ccccc3Cl)nc12. The van der Waals surface area contributed by atoms with E-state index < -0.39 is 10.0 Å². The van der Waals surface area contributed by atoms with E-state index in [0.29, 0.717) is 51.6 Å². The molecule has 1 atom stereocenters. The molecule has 4 aromatic rings. The van der Waals surface area contributed by atoms with Crippen LogP contribution >= 0.6 is 46.1 Å². The highest BCUT2D eigenvalue weighted by molar-refractivity contribution is 7.89. The Morgan fingerprint density at radius 1 is 1.20 bits per heavy atom. The van der Waals surface area contributed by atoms with Crippen molar-refractivity contribution in [3.8, 4) is 11.3 Å². The molecule has 180 valence electrons. The number of anilines is 1. The summed E-state index contributed by atoms with van der Waals surface area (Å²) < 4.78 is 30.0. The maximum atomic E-state index is 13.2. The third-order valence-corrected chi connectivity index (χ3v) is 9.89. The number of nitrogens with zero attached hydrogens (tertiary/aromatic N) is 4. The predicted octanol–water partition coefficient (Wildman–Crippen LogP) is 4.72. The lowest BCUT2D eigenvalue weighted by atomic mass is 9.99. The molecule has 1 fully saturated rings. The largest absolute Gasteiger partial charge is 0.370 e. The van der Waals surface area contributed by atoms with E-state index in [2.05, 4.69) is 15.4 Å². The van der Waals surface area contributed by atoms with Crippen LogP contribution in [-0.4, -0.2) is 54.8 Å². The molecule has 35 heavy (non-hydrogen) atoms. The van der Waals surface area contributed by atoms with Crippen LogP contribution in [0.3, 0.4) is 0 Å². The van der Waals surface area contributed by atoms with Crippen LogP contribution in [0.5, 0.6) is 0 Å². The lowest BCUT2D eigenvalue weighted by molar-refractivity contribution is 0.275. The van der Waals surface area contributed by atoms with Gasteiger partial charge in [-0.05, 0) is 36.4 Å². The zero-order chi connectivity index (χ0) is 24.7. The van der Waals surface area contributed by atoms with E-state index in [-0.39, 0.29) is 15.1 Å².